The first kappa shape index (κ1) is 23.3. The van der Waals surface area contributed by atoms with Crippen LogP contribution >= 0.6 is 23.2 Å². The highest BCUT2D eigenvalue weighted by atomic mass is 35.5. The molecule has 0 saturated heterocycles. The molecule has 0 unspecified atom stereocenters. The molecule has 0 radical (unpaired) electrons. The molecular weight excluding hydrogens is 466 g/mol. The maximum atomic E-state index is 14.0. The van der Waals surface area contributed by atoms with Crippen molar-refractivity contribution in [1.82, 2.24) is 15.3 Å². The molecule has 0 fully saturated rings. The highest BCUT2D eigenvalue weighted by molar-refractivity contribution is 6.36. The Kier molecular flexibility index (Phi) is 7.02. The zero-order valence-corrected chi connectivity index (χ0v) is 19.7. The van der Waals surface area contributed by atoms with Gasteiger partial charge in [0.1, 0.15) is 17.7 Å². The molecule has 3 heterocycles. The van der Waals surface area contributed by atoms with Crippen molar-refractivity contribution in [2.45, 2.75) is 19.4 Å². The van der Waals surface area contributed by atoms with Gasteiger partial charge in [0.25, 0.3) is 0 Å². The lowest BCUT2D eigenvalue weighted by molar-refractivity contribution is 0.227. The average molecular weight is 489 g/mol. The summed E-state index contributed by atoms with van der Waals surface area (Å²) in [7, 11) is 1.61. The third kappa shape index (κ3) is 4.90. The Morgan fingerprint density at radius 3 is 2.70 bits per heavy atom. The number of benzene rings is 1. The van der Waals surface area contributed by atoms with Crippen LogP contribution < -0.4 is 20.5 Å². The van der Waals surface area contributed by atoms with Crippen LogP contribution in [-0.2, 0) is 0 Å². The van der Waals surface area contributed by atoms with Crippen molar-refractivity contribution in [2.75, 3.05) is 25.9 Å². The number of rotatable bonds is 6. The summed E-state index contributed by atoms with van der Waals surface area (Å²) in [5, 5.41) is 3.50. The van der Waals surface area contributed by atoms with Gasteiger partial charge in [0, 0.05) is 46.7 Å². The van der Waals surface area contributed by atoms with E-state index < -0.39 is 11.9 Å². The fourth-order valence-electron chi connectivity index (χ4n) is 3.71. The van der Waals surface area contributed by atoms with Crippen LogP contribution in [0.1, 0.15) is 30.7 Å². The van der Waals surface area contributed by atoms with Gasteiger partial charge in [-0.15, -0.1) is 0 Å². The van der Waals surface area contributed by atoms with E-state index in [0.29, 0.717) is 27.6 Å². The minimum Gasteiger partial charge on any atom is -0.496 e. The zero-order chi connectivity index (χ0) is 23.5. The second-order valence-corrected chi connectivity index (χ2v) is 8.36. The lowest BCUT2D eigenvalue weighted by Crippen LogP contribution is -2.20. The second kappa shape index (κ2) is 9.95. The van der Waals surface area contributed by atoms with Gasteiger partial charge in [-0.05, 0) is 43.7 Å². The van der Waals surface area contributed by atoms with Crippen molar-refractivity contribution in [3.63, 3.8) is 0 Å². The van der Waals surface area contributed by atoms with Gasteiger partial charge in [0.2, 0.25) is 0 Å². The number of nitrogens with one attached hydrogen (secondary N) is 1. The van der Waals surface area contributed by atoms with Gasteiger partial charge in [-0.2, -0.15) is 0 Å². The molecule has 0 saturated carbocycles. The summed E-state index contributed by atoms with van der Waals surface area (Å²) < 4.78 is 25.6. The van der Waals surface area contributed by atoms with E-state index in [2.05, 4.69) is 21.4 Å². The molecule has 1 aliphatic rings. The molecule has 9 heteroatoms. The van der Waals surface area contributed by atoms with Gasteiger partial charge >= 0.3 is 0 Å². The van der Waals surface area contributed by atoms with Gasteiger partial charge in [0.15, 0.2) is 11.6 Å². The monoisotopic (exact) mass is 488 g/mol. The Morgan fingerprint density at radius 2 is 1.97 bits per heavy atom. The fourth-order valence-corrected chi connectivity index (χ4v) is 4.39. The van der Waals surface area contributed by atoms with E-state index in [0.717, 1.165) is 30.8 Å². The summed E-state index contributed by atoms with van der Waals surface area (Å²) in [4.78, 5) is 8.89. The number of hydrogen-bond donors (Lipinski definition) is 2. The van der Waals surface area contributed by atoms with Gasteiger partial charge < -0.3 is 20.5 Å². The molecule has 3 aromatic rings. The number of anilines is 1. The predicted octanol–water partition coefficient (Wildman–Crippen LogP) is 5.70. The van der Waals surface area contributed by atoms with Gasteiger partial charge in [-0.25, -0.2) is 9.37 Å². The highest BCUT2D eigenvalue weighted by Crippen LogP contribution is 2.38. The largest absolute Gasteiger partial charge is 0.496 e. The molecule has 2 aromatic heterocycles. The molecule has 0 aliphatic carbocycles. The normalized spacial score (nSPS) is 14.5. The highest BCUT2D eigenvalue weighted by Gasteiger charge is 2.21. The van der Waals surface area contributed by atoms with E-state index in [1.807, 2.05) is 6.07 Å². The summed E-state index contributed by atoms with van der Waals surface area (Å²) in [6, 6.07) is 6.30. The van der Waals surface area contributed by atoms with Crippen molar-refractivity contribution in [1.29, 1.82) is 0 Å². The number of nitrogens with zero attached hydrogens (tertiary/aromatic N) is 2. The Balaban J connectivity index is 1.66. The number of halogens is 3. The third-order valence-electron chi connectivity index (χ3n) is 5.46. The van der Waals surface area contributed by atoms with E-state index >= 15 is 0 Å². The maximum Gasteiger partial charge on any atom is 0.166 e. The van der Waals surface area contributed by atoms with Crippen LogP contribution in [0.5, 0.6) is 11.5 Å². The third-order valence-corrected chi connectivity index (χ3v) is 6.18. The molecule has 1 atom stereocenters. The van der Waals surface area contributed by atoms with Gasteiger partial charge in [-0.3, -0.25) is 4.98 Å². The standard InChI is InChI=1S/C24H23Cl2FN4O2/c1-13(22-17(25)3-4-18(27)23(22)26)33-21-9-15(11-31-24(21)28)16-12-30-19(10-20(16)32-2)14-5-7-29-8-6-14/h3-5,9-13,29H,6-8H2,1-2H3,(H2,28,31)/t13-/m1/s1. The van der Waals surface area contributed by atoms with E-state index in [1.165, 1.54) is 17.7 Å². The summed E-state index contributed by atoms with van der Waals surface area (Å²) in [6.45, 7) is 3.45. The van der Waals surface area contributed by atoms with E-state index in [1.54, 1.807) is 32.5 Å². The minimum atomic E-state index is -0.672. The average Bonchev–Trinajstić information content (AvgIpc) is 2.83. The van der Waals surface area contributed by atoms with E-state index in [4.69, 9.17) is 38.4 Å². The smallest absolute Gasteiger partial charge is 0.166 e. The van der Waals surface area contributed by atoms with Crippen LogP contribution in [0.4, 0.5) is 10.2 Å². The molecule has 0 bridgehead atoms. The number of hydrogen-bond acceptors (Lipinski definition) is 6. The van der Waals surface area contributed by atoms with Crippen molar-refractivity contribution >= 4 is 34.6 Å². The Morgan fingerprint density at radius 1 is 1.15 bits per heavy atom. The van der Waals surface area contributed by atoms with Crippen molar-refractivity contribution in [3.05, 3.63) is 69.9 Å². The van der Waals surface area contributed by atoms with Crippen LogP contribution in [0.2, 0.25) is 10.0 Å². The minimum absolute atomic E-state index is 0.0913. The first-order valence-electron chi connectivity index (χ1n) is 10.4. The Hall–Kier alpha value is -2.87. The molecule has 3 N–H and O–H groups in total. The van der Waals surface area contributed by atoms with Crippen LogP contribution in [0.15, 0.2) is 42.7 Å². The van der Waals surface area contributed by atoms with E-state index in [9.17, 15) is 4.39 Å². The molecule has 0 amide bonds. The lowest BCUT2D eigenvalue weighted by atomic mass is 10.0. The molecule has 33 heavy (non-hydrogen) atoms. The molecule has 1 aromatic carbocycles. The number of nitrogens with two attached hydrogens (primary N) is 1. The SMILES string of the molecule is COc1cc(C2=CCNCC2)ncc1-c1cnc(N)c(O[C@H](C)c2c(Cl)ccc(F)c2Cl)c1. The quantitative estimate of drug-likeness (QED) is 0.433. The van der Waals surface area contributed by atoms with Crippen LogP contribution in [0.3, 0.4) is 0 Å². The van der Waals surface area contributed by atoms with Gasteiger partial charge in [0.05, 0.1) is 17.8 Å². The van der Waals surface area contributed by atoms with Crippen molar-refractivity contribution in [2.24, 2.45) is 0 Å². The first-order valence-corrected chi connectivity index (χ1v) is 11.1. The molecule has 1 aliphatic heterocycles. The number of methoxy groups -OCH3 is 1. The Bertz CT molecular complexity index is 1220. The predicted molar refractivity (Wildman–Crippen MR) is 129 cm³/mol. The van der Waals surface area contributed by atoms with Crippen molar-refractivity contribution < 1.29 is 13.9 Å². The molecule has 172 valence electrons. The number of aromatic nitrogens is 2. The number of ether oxygens (including phenoxy) is 2. The summed E-state index contributed by atoms with van der Waals surface area (Å²) in [6.07, 6.45) is 5.73. The molecule has 6 nitrogen and oxygen atoms in total. The summed E-state index contributed by atoms with van der Waals surface area (Å²) in [5.41, 5.74) is 9.89. The van der Waals surface area contributed by atoms with Gasteiger partial charge in [-0.1, -0.05) is 29.3 Å². The summed E-state index contributed by atoms with van der Waals surface area (Å²) >= 11 is 12.4. The number of nitrogen functional groups attached to an aromatic ring is 1. The lowest BCUT2D eigenvalue weighted by Gasteiger charge is -2.20. The molecule has 4 rings (SSSR count). The first-order chi connectivity index (χ1) is 15.9. The molecular formula is C24H23Cl2FN4O2. The number of pyridine rings is 2. The fraction of sp³-hybridized carbons (Fsp3) is 0.250. The van der Waals surface area contributed by atoms with E-state index in [-0.39, 0.29) is 10.8 Å². The zero-order valence-electron chi connectivity index (χ0n) is 18.2. The Labute approximate surface area is 201 Å². The maximum absolute atomic E-state index is 14.0. The van der Waals surface area contributed by atoms with Crippen LogP contribution in [0.25, 0.3) is 16.7 Å². The van der Waals surface area contributed by atoms with Crippen LogP contribution in [0, 0.1) is 5.82 Å². The summed E-state index contributed by atoms with van der Waals surface area (Å²) in [5.74, 6) is 0.564. The second-order valence-electron chi connectivity index (χ2n) is 7.58. The van der Waals surface area contributed by atoms with Crippen LogP contribution in [-0.4, -0.2) is 30.2 Å². The van der Waals surface area contributed by atoms with Crippen molar-refractivity contribution in [3.8, 4) is 22.6 Å². The topological polar surface area (TPSA) is 82.3 Å². The molecule has 0 spiro atoms.